The van der Waals surface area contributed by atoms with E-state index in [9.17, 15) is 5.02 Å². The molecule has 1 aromatic carbocycles. The molecule has 4 rings (SSSR count). The first-order valence-corrected chi connectivity index (χ1v) is 8.96. The first kappa shape index (κ1) is 16.3. The Morgan fingerprint density at radius 3 is 2.44 bits per heavy atom. The first-order valence-electron chi connectivity index (χ1n) is 8.96. The smallest absolute Gasteiger partial charge is 0.376 e. The van der Waals surface area contributed by atoms with Crippen molar-refractivity contribution in [1.29, 1.82) is 0 Å². The number of benzene rings is 1. The maximum absolute atomic E-state index is 9.83. The number of hydrogen-bond donors (Lipinski definition) is 1. The molecule has 0 unspecified atom stereocenters. The van der Waals surface area contributed by atoms with Crippen LogP contribution in [0.1, 0.15) is 24.6 Å². The van der Waals surface area contributed by atoms with Gasteiger partial charge in [0, 0.05) is 17.3 Å². The van der Waals surface area contributed by atoms with Crippen LogP contribution in [0.4, 0.5) is 0 Å². The van der Waals surface area contributed by atoms with Gasteiger partial charge in [0.1, 0.15) is 11.3 Å². The standard InChI is InChI=1S/C19H23BN4O/c1-14-8-9-17-19(21-14)24(16-10-12-23(13-11-16)20(2)25)18(22-17)15-6-4-3-5-7-15/h3-9,16,25H,10-13H2,1-2H3. The van der Waals surface area contributed by atoms with Crippen molar-refractivity contribution in [2.24, 2.45) is 0 Å². The largest absolute Gasteiger partial charge is 0.437 e. The molecule has 1 fully saturated rings. The van der Waals surface area contributed by atoms with E-state index in [1.54, 1.807) is 0 Å². The fourth-order valence-electron chi connectivity index (χ4n) is 3.72. The van der Waals surface area contributed by atoms with E-state index in [2.05, 4.69) is 27.6 Å². The van der Waals surface area contributed by atoms with Crippen molar-refractivity contribution >= 4 is 18.2 Å². The SMILES string of the molecule is CB(O)N1CCC(n2c(-c3ccccc3)nc3ccc(C)nc32)CC1. The van der Waals surface area contributed by atoms with Gasteiger partial charge in [0.25, 0.3) is 0 Å². The second-order valence-electron chi connectivity index (χ2n) is 6.87. The summed E-state index contributed by atoms with van der Waals surface area (Å²) < 4.78 is 2.32. The van der Waals surface area contributed by atoms with E-state index in [1.807, 2.05) is 38.0 Å². The molecule has 1 aliphatic rings. The summed E-state index contributed by atoms with van der Waals surface area (Å²) in [5.41, 5.74) is 4.04. The minimum Gasteiger partial charge on any atom is -0.437 e. The Bertz CT molecular complexity index is 870. The van der Waals surface area contributed by atoms with Crippen molar-refractivity contribution in [2.75, 3.05) is 13.1 Å². The highest BCUT2D eigenvalue weighted by Gasteiger charge is 2.28. The van der Waals surface area contributed by atoms with Gasteiger partial charge in [-0.2, -0.15) is 0 Å². The van der Waals surface area contributed by atoms with Gasteiger partial charge >= 0.3 is 7.05 Å². The van der Waals surface area contributed by atoms with Gasteiger partial charge in [-0.1, -0.05) is 30.3 Å². The molecule has 25 heavy (non-hydrogen) atoms. The van der Waals surface area contributed by atoms with E-state index in [0.29, 0.717) is 6.04 Å². The lowest BCUT2D eigenvalue weighted by atomic mass is 9.82. The van der Waals surface area contributed by atoms with Gasteiger partial charge in [-0.3, -0.25) is 0 Å². The zero-order chi connectivity index (χ0) is 17.4. The number of nitrogens with zero attached hydrogens (tertiary/aromatic N) is 4. The van der Waals surface area contributed by atoms with Crippen molar-refractivity contribution in [1.82, 2.24) is 19.3 Å². The normalized spacial score (nSPS) is 16.4. The molecular weight excluding hydrogens is 311 g/mol. The molecule has 0 amide bonds. The Balaban J connectivity index is 1.80. The summed E-state index contributed by atoms with van der Waals surface area (Å²) in [6.45, 7) is 5.65. The Labute approximate surface area is 148 Å². The van der Waals surface area contributed by atoms with Crippen LogP contribution in [0.25, 0.3) is 22.6 Å². The Morgan fingerprint density at radius 1 is 1.04 bits per heavy atom. The Kier molecular flexibility index (Phi) is 4.31. The first-order chi connectivity index (χ1) is 12.1. The van der Waals surface area contributed by atoms with Crippen LogP contribution in [0.15, 0.2) is 42.5 Å². The monoisotopic (exact) mass is 334 g/mol. The maximum Gasteiger partial charge on any atom is 0.376 e. The zero-order valence-corrected chi connectivity index (χ0v) is 14.8. The fourth-order valence-corrected chi connectivity index (χ4v) is 3.72. The minimum atomic E-state index is -0.380. The number of aryl methyl sites for hydroxylation is 1. The third-order valence-corrected chi connectivity index (χ3v) is 5.10. The van der Waals surface area contributed by atoms with Crippen LogP contribution in [0.2, 0.25) is 6.82 Å². The molecule has 0 radical (unpaired) electrons. The summed E-state index contributed by atoms with van der Waals surface area (Å²) in [6.07, 6.45) is 1.98. The lowest BCUT2D eigenvalue weighted by molar-refractivity contribution is 0.255. The summed E-state index contributed by atoms with van der Waals surface area (Å²) in [5.74, 6) is 0.990. The second-order valence-corrected chi connectivity index (χ2v) is 6.87. The molecule has 0 bridgehead atoms. The van der Waals surface area contributed by atoms with Crippen LogP contribution < -0.4 is 0 Å². The van der Waals surface area contributed by atoms with E-state index in [0.717, 1.165) is 54.2 Å². The van der Waals surface area contributed by atoms with Crippen molar-refractivity contribution in [3.63, 3.8) is 0 Å². The van der Waals surface area contributed by atoms with E-state index >= 15 is 0 Å². The predicted octanol–water partition coefficient (Wildman–Crippen LogP) is 3.15. The van der Waals surface area contributed by atoms with Crippen LogP contribution in [-0.2, 0) is 0 Å². The second kappa shape index (κ2) is 6.62. The number of pyridine rings is 1. The molecule has 0 saturated carbocycles. The highest BCUT2D eigenvalue weighted by molar-refractivity contribution is 6.45. The van der Waals surface area contributed by atoms with Crippen molar-refractivity contribution in [2.45, 2.75) is 32.6 Å². The van der Waals surface area contributed by atoms with Gasteiger partial charge < -0.3 is 14.4 Å². The highest BCUT2D eigenvalue weighted by Crippen LogP contribution is 2.32. The van der Waals surface area contributed by atoms with Crippen molar-refractivity contribution < 1.29 is 5.02 Å². The molecule has 6 heteroatoms. The zero-order valence-electron chi connectivity index (χ0n) is 14.8. The molecule has 1 N–H and O–H groups in total. The van der Waals surface area contributed by atoms with Gasteiger partial charge in [0.15, 0.2) is 5.65 Å². The number of rotatable bonds is 3. The van der Waals surface area contributed by atoms with E-state index in [4.69, 9.17) is 9.97 Å². The van der Waals surface area contributed by atoms with Gasteiger partial charge in [0.05, 0.1) is 0 Å². The third-order valence-electron chi connectivity index (χ3n) is 5.10. The number of aromatic nitrogens is 3. The number of hydrogen-bond acceptors (Lipinski definition) is 4. The minimum absolute atomic E-state index is 0.351. The Morgan fingerprint density at radius 2 is 1.76 bits per heavy atom. The molecule has 3 heterocycles. The molecule has 2 aromatic heterocycles. The summed E-state index contributed by atoms with van der Waals surface area (Å²) in [7, 11) is -0.380. The summed E-state index contributed by atoms with van der Waals surface area (Å²) in [4.78, 5) is 11.8. The molecule has 5 nitrogen and oxygen atoms in total. The summed E-state index contributed by atoms with van der Waals surface area (Å²) >= 11 is 0. The Hall–Kier alpha value is -2.18. The van der Waals surface area contributed by atoms with Gasteiger partial charge in [-0.15, -0.1) is 0 Å². The van der Waals surface area contributed by atoms with Crippen LogP contribution in [0, 0.1) is 6.92 Å². The van der Waals surface area contributed by atoms with Crippen LogP contribution in [0.3, 0.4) is 0 Å². The van der Waals surface area contributed by atoms with Crippen LogP contribution >= 0.6 is 0 Å². The highest BCUT2D eigenvalue weighted by atomic mass is 16.2. The van der Waals surface area contributed by atoms with Gasteiger partial charge in [-0.25, -0.2) is 9.97 Å². The predicted molar refractivity (Wildman–Crippen MR) is 101 cm³/mol. The summed E-state index contributed by atoms with van der Waals surface area (Å²) in [5, 5.41) is 9.83. The van der Waals surface area contributed by atoms with E-state index in [1.165, 1.54) is 0 Å². The molecule has 0 atom stereocenters. The third kappa shape index (κ3) is 3.07. The molecule has 128 valence electrons. The van der Waals surface area contributed by atoms with E-state index in [-0.39, 0.29) is 7.05 Å². The molecule has 1 aliphatic heterocycles. The molecule has 1 saturated heterocycles. The molecule has 0 spiro atoms. The van der Waals surface area contributed by atoms with Crippen molar-refractivity contribution in [3.8, 4) is 11.4 Å². The number of piperidine rings is 1. The summed E-state index contributed by atoms with van der Waals surface area (Å²) in [6, 6.07) is 14.8. The molecular formula is C19H23BN4O. The lowest BCUT2D eigenvalue weighted by Crippen LogP contribution is -2.43. The van der Waals surface area contributed by atoms with Crippen LogP contribution in [0.5, 0.6) is 0 Å². The van der Waals surface area contributed by atoms with Gasteiger partial charge in [-0.05, 0) is 51.8 Å². The quantitative estimate of drug-likeness (QED) is 0.748. The average Bonchev–Trinajstić information content (AvgIpc) is 3.01. The maximum atomic E-state index is 9.83. The topological polar surface area (TPSA) is 54.2 Å². The van der Waals surface area contributed by atoms with Gasteiger partial charge in [0.2, 0.25) is 0 Å². The fraction of sp³-hybridized carbons (Fsp3) is 0.368. The van der Waals surface area contributed by atoms with Crippen molar-refractivity contribution in [3.05, 3.63) is 48.2 Å². The van der Waals surface area contributed by atoms with E-state index < -0.39 is 0 Å². The number of fused-ring (bicyclic) bond motifs is 1. The number of imidazole rings is 1. The average molecular weight is 334 g/mol. The molecule has 3 aromatic rings. The lowest BCUT2D eigenvalue weighted by Gasteiger charge is -2.34. The van der Waals surface area contributed by atoms with Crippen LogP contribution in [-0.4, -0.2) is 44.5 Å². The molecule has 0 aliphatic carbocycles.